The van der Waals surface area contributed by atoms with Crippen LogP contribution in [0.15, 0.2) is 18.2 Å². The maximum atomic E-state index is 13.3. The summed E-state index contributed by atoms with van der Waals surface area (Å²) in [5.74, 6) is -0.120. The van der Waals surface area contributed by atoms with Gasteiger partial charge < -0.3 is 4.74 Å². The Morgan fingerprint density at radius 1 is 1.03 bits per heavy atom. The molecule has 1 heterocycles. The second-order valence-corrected chi connectivity index (χ2v) is 9.58. The van der Waals surface area contributed by atoms with Gasteiger partial charge in [-0.05, 0) is 75.3 Å². The first-order valence-electron chi connectivity index (χ1n) is 10.7. The van der Waals surface area contributed by atoms with Gasteiger partial charge in [-0.1, -0.05) is 11.6 Å². The maximum absolute atomic E-state index is 13.3. The molecule has 4 aliphatic carbocycles. The van der Waals surface area contributed by atoms with E-state index in [2.05, 4.69) is 0 Å². The number of imide groups is 2. The lowest BCUT2D eigenvalue weighted by molar-refractivity contribution is -0.149. The molecule has 7 nitrogen and oxygen atoms in total. The van der Waals surface area contributed by atoms with Gasteiger partial charge in [0.2, 0.25) is 0 Å². The Morgan fingerprint density at radius 3 is 2.20 bits per heavy atom. The Kier molecular flexibility index (Phi) is 4.27. The third kappa shape index (κ3) is 2.78. The lowest BCUT2D eigenvalue weighted by Gasteiger charge is -2.58. The number of aryl methyl sites for hydroxylation is 1. The molecule has 0 aromatic heterocycles. The van der Waals surface area contributed by atoms with Gasteiger partial charge in [-0.3, -0.25) is 14.4 Å². The van der Waals surface area contributed by atoms with Crippen LogP contribution in [0.25, 0.3) is 0 Å². The Labute approximate surface area is 175 Å². The number of rotatable bonds is 5. The van der Waals surface area contributed by atoms with E-state index in [9.17, 15) is 19.2 Å². The summed E-state index contributed by atoms with van der Waals surface area (Å²) in [6.07, 6.45) is 5.86. The predicted molar refractivity (Wildman–Crippen MR) is 107 cm³/mol. The summed E-state index contributed by atoms with van der Waals surface area (Å²) in [7, 11) is 1.46. The van der Waals surface area contributed by atoms with E-state index >= 15 is 0 Å². The summed E-state index contributed by atoms with van der Waals surface area (Å²) >= 11 is 0. The standard InChI is InChI=1S/C23H26N2O5/c1-13-3-4-19(30-2)17(5-13)18(26)12-24-20(27)21(28)25(22(24)29)23-9-14-6-15(10-23)8-16(7-14)11-23/h3-5,14-16H,6-12H2,1-2H3. The molecule has 4 amide bonds. The zero-order valence-electron chi connectivity index (χ0n) is 17.3. The van der Waals surface area contributed by atoms with Crippen molar-refractivity contribution in [2.75, 3.05) is 13.7 Å². The summed E-state index contributed by atoms with van der Waals surface area (Å²) in [6, 6.07) is 4.54. The van der Waals surface area contributed by atoms with E-state index in [1.165, 1.54) is 12.0 Å². The summed E-state index contributed by atoms with van der Waals surface area (Å²) in [5.41, 5.74) is 0.625. The van der Waals surface area contributed by atoms with Crippen LogP contribution in [0.3, 0.4) is 0 Å². The molecule has 6 rings (SSSR count). The third-order valence-corrected chi connectivity index (χ3v) is 7.49. The minimum absolute atomic E-state index is 0.304. The van der Waals surface area contributed by atoms with Gasteiger partial charge in [0, 0.05) is 0 Å². The van der Waals surface area contributed by atoms with Crippen LogP contribution in [0, 0.1) is 24.7 Å². The second kappa shape index (κ2) is 6.65. The van der Waals surface area contributed by atoms with Gasteiger partial charge in [0.05, 0.1) is 24.8 Å². The zero-order valence-corrected chi connectivity index (χ0v) is 17.3. The lowest BCUT2D eigenvalue weighted by atomic mass is 9.52. The summed E-state index contributed by atoms with van der Waals surface area (Å²) in [5, 5.41) is 0. The van der Waals surface area contributed by atoms with Crippen LogP contribution in [-0.2, 0) is 9.59 Å². The largest absolute Gasteiger partial charge is 0.496 e. The summed E-state index contributed by atoms with van der Waals surface area (Å²) in [4.78, 5) is 53.9. The van der Waals surface area contributed by atoms with E-state index in [0.29, 0.717) is 29.1 Å². The van der Waals surface area contributed by atoms with Crippen molar-refractivity contribution in [1.29, 1.82) is 0 Å². The van der Waals surface area contributed by atoms with Gasteiger partial charge in [0.15, 0.2) is 5.78 Å². The van der Waals surface area contributed by atoms with E-state index in [1.807, 2.05) is 13.0 Å². The number of hydrogen-bond donors (Lipinski definition) is 0. The average molecular weight is 410 g/mol. The number of carbonyl (C=O) groups is 4. The second-order valence-electron chi connectivity index (χ2n) is 9.58. The van der Waals surface area contributed by atoms with Crippen molar-refractivity contribution < 1.29 is 23.9 Å². The highest BCUT2D eigenvalue weighted by Crippen LogP contribution is 2.58. The fourth-order valence-corrected chi connectivity index (χ4v) is 6.67. The maximum Gasteiger partial charge on any atom is 0.335 e. The predicted octanol–water partition coefficient (Wildman–Crippen LogP) is 2.95. The molecule has 0 radical (unpaired) electrons. The van der Waals surface area contributed by atoms with E-state index in [0.717, 1.165) is 49.0 Å². The SMILES string of the molecule is COc1ccc(C)cc1C(=O)CN1C(=O)C(=O)N(C23CC4CC(CC(C4)C2)C3)C1=O. The van der Waals surface area contributed by atoms with Gasteiger partial charge in [0.25, 0.3) is 0 Å². The van der Waals surface area contributed by atoms with Crippen molar-refractivity contribution in [2.45, 2.75) is 51.0 Å². The van der Waals surface area contributed by atoms with Crippen LogP contribution in [0.4, 0.5) is 4.79 Å². The molecule has 4 saturated carbocycles. The fourth-order valence-electron chi connectivity index (χ4n) is 6.67. The number of methoxy groups -OCH3 is 1. The van der Waals surface area contributed by atoms with Crippen LogP contribution < -0.4 is 4.74 Å². The molecule has 1 aliphatic heterocycles. The molecule has 0 N–H and O–H groups in total. The van der Waals surface area contributed by atoms with Crippen molar-refractivity contribution in [3.8, 4) is 5.75 Å². The lowest BCUT2D eigenvalue weighted by Crippen LogP contribution is -2.62. The van der Waals surface area contributed by atoms with E-state index in [4.69, 9.17) is 4.74 Å². The van der Waals surface area contributed by atoms with Gasteiger partial charge >= 0.3 is 17.8 Å². The molecule has 5 fully saturated rings. The van der Waals surface area contributed by atoms with Gasteiger partial charge in [-0.15, -0.1) is 0 Å². The molecule has 5 aliphatic rings. The summed E-state index contributed by atoms with van der Waals surface area (Å²) in [6.45, 7) is 1.40. The average Bonchev–Trinajstić information content (AvgIpc) is 2.90. The van der Waals surface area contributed by atoms with Crippen LogP contribution >= 0.6 is 0 Å². The number of Topliss-reactive ketones (excluding diaryl/α,β-unsaturated/α-hetero) is 1. The van der Waals surface area contributed by atoms with Crippen LogP contribution in [0.1, 0.15) is 54.4 Å². The van der Waals surface area contributed by atoms with Gasteiger partial charge in [-0.25, -0.2) is 14.6 Å². The normalized spacial score (nSPS) is 32.3. The smallest absolute Gasteiger partial charge is 0.335 e. The number of benzene rings is 1. The number of ether oxygens (including phenoxy) is 1. The molecule has 1 aromatic carbocycles. The number of urea groups is 1. The highest BCUT2D eigenvalue weighted by atomic mass is 16.5. The van der Waals surface area contributed by atoms with E-state index < -0.39 is 35.7 Å². The fraction of sp³-hybridized carbons (Fsp3) is 0.565. The molecular weight excluding hydrogens is 384 g/mol. The highest BCUT2D eigenvalue weighted by molar-refractivity contribution is 6.45. The first kappa shape index (κ1) is 19.3. The zero-order chi connectivity index (χ0) is 21.2. The minimum atomic E-state index is -0.893. The molecule has 4 bridgehead atoms. The van der Waals surface area contributed by atoms with Crippen LogP contribution in [0.2, 0.25) is 0 Å². The monoisotopic (exact) mass is 410 g/mol. The van der Waals surface area contributed by atoms with Crippen LogP contribution in [-0.4, -0.2) is 52.6 Å². The third-order valence-electron chi connectivity index (χ3n) is 7.49. The van der Waals surface area contributed by atoms with E-state index in [-0.39, 0.29) is 0 Å². The molecule has 1 saturated heterocycles. The van der Waals surface area contributed by atoms with Crippen molar-refractivity contribution in [1.82, 2.24) is 9.80 Å². The number of hydrogen-bond acceptors (Lipinski definition) is 5. The first-order valence-corrected chi connectivity index (χ1v) is 10.7. The molecular formula is C23H26N2O5. The Morgan fingerprint density at radius 2 is 1.63 bits per heavy atom. The Balaban J connectivity index is 1.41. The number of amides is 4. The molecule has 7 heteroatoms. The minimum Gasteiger partial charge on any atom is -0.496 e. The quantitative estimate of drug-likeness (QED) is 0.423. The molecule has 0 spiro atoms. The molecule has 0 atom stereocenters. The van der Waals surface area contributed by atoms with Gasteiger partial charge in [-0.2, -0.15) is 0 Å². The molecule has 1 aromatic rings. The molecule has 0 unspecified atom stereocenters. The van der Waals surface area contributed by atoms with Gasteiger partial charge in [0.1, 0.15) is 5.75 Å². The molecule has 158 valence electrons. The topological polar surface area (TPSA) is 84.0 Å². The first-order chi connectivity index (χ1) is 14.3. The van der Waals surface area contributed by atoms with Crippen LogP contribution in [0.5, 0.6) is 5.75 Å². The Bertz CT molecular complexity index is 933. The number of ketones is 1. The van der Waals surface area contributed by atoms with Crippen molar-refractivity contribution >= 4 is 23.6 Å². The molecule has 30 heavy (non-hydrogen) atoms. The Hall–Kier alpha value is -2.70. The van der Waals surface area contributed by atoms with Crippen molar-refractivity contribution in [3.63, 3.8) is 0 Å². The summed E-state index contributed by atoms with van der Waals surface area (Å²) < 4.78 is 5.26. The van der Waals surface area contributed by atoms with Crippen molar-refractivity contribution in [2.24, 2.45) is 17.8 Å². The highest BCUT2D eigenvalue weighted by Gasteiger charge is 2.61. The van der Waals surface area contributed by atoms with E-state index in [1.54, 1.807) is 12.1 Å². The number of nitrogens with zero attached hydrogens (tertiary/aromatic N) is 2. The van der Waals surface area contributed by atoms with Crippen molar-refractivity contribution in [3.05, 3.63) is 29.3 Å². The number of carbonyl (C=O) groups excluding carboxylic acids is 4.